The topological polar surface area (TPSA) is 51.0 Å². The Morgan fingerprint density at radius 3 is 2.88 bits per heavy atom. The summed E-state index contributed by atoms with van der Waals surface area (Å²) in [4.78, 5) is 3.03. The molecular formula is C12H13FN2O. The molecule has 2 aromatic rings. The van der Waals surface area contributed by atoms with Gasteiger partial charge in [0.15, 0.2) is 0 Å². The summed E-state index contributed by atoms with van der Waals surface area (Å²) in [5.74, 6) is 0.00462. The number of aromatic nitrogens is 1. The maximum absolute atomic E-state index is 13.0. The largest absolute Gasteiger partial charge is 0.482 e. The predicted molar refractivity (Wildman–Crippen MR) is 60.6 cm³/mol. The van der Waals surface area contributed by atoms with Crippen LogP contribution >= 0.6 is 0 Å². The lowest BCUT2D eigenvalue weighted by Crippen LogP contribution is -2.05. The van der Waals surface area contributed by atoms with Gasteiger partial charge in [0, 0.05) is 12.3 Å². The first-order valence-corrected chi connectivity index (χ1v) is 5.02. The van der Waals surface area contributed by atoms with E-state index in [1.54, 1.807) is 0 Å². The number of nitrogens with one attached hydrogen (secondary N) is 1. The Balaban J connectivity index is 2.17. The smallest absolute Gasteiger partial charge is 0.146 e. The van der Waals surface area contributed by atoms with Gasteiger partial charge < -0.3 is 15.5 Å². The van der Waals surface area contributed by atoms with Crippen molar-refractivity contribution in [2.75, 3.05) is 5.73 Å². The minimum absolute atomic E-state index is 0.195. The predicted octanol–water partition coefficient (Wildman–Crippen LogP) is 2.88. The molecular weight excluding hydrogens is 207 g/mol. The summed E-state index contributed by atoms with van der Waals surface area (Å²) in [7, 11) is 0. The van der Waals surface area contributed by atoms with Crippen LogP contribution in [0.25, 0.3) is 0 Å². The zero-order valence-electron chi connectivity index (χ0n) is 8.91. The maximum Gasteiger partial charge on any atom is 0.146 e. The number of anilines is 1. The molecule has 16 heavy (non-hydrogen) atoms. The van der Waals surface area contributed by atoms with Crippen molar-refractivity contribution in [3.63, 3.8) is 0 Å². The van der Waals surface area contributed by atoms with Gasteiger partial charge in [0.05, 0.1) is 11.4 Å². The molecule has 1 aromatic carbocycles. The summed E-state index contributed by atoms with van der Waals surface area (Å²) in [6, 6.07) is 7.87. The van der Waals surface area contributed by atoms with Crippen LogP contribution < -0.4 is 10.5 Å². The number of nitrogens with two attached hydrogens (primary N) is 1. The Hall–Kier alpha value is -1.97. The van der Waals surface area contributed by atoms with Gasteiger partial charge in [-0.25, -0.2) is 4.39 Å². The van der Waals surface area contributed by atoms with Gasteiger partial charge in [0.2, 0.25) is 0 Å². The fourth-order valence-corrected chi connectivity index (χ4v) is 1.46. The third-order valence-electron chi connectivity index (χ3n) is 2.34. The summed E-state index contributed by atoms with van der Waals surface area (Å²) >= 11 is 0. The van der Waals surface area contributed by atoms with Gasteiger partial charge >= 0.3 is 0 Å². The van der Waals surface area contributed by atoms with Crippen LogP contribution in [-0.2, 0) is 0 Å². The van der Waals surface area contributed by atoms with Gasteiger partial charge in [-0.15, -0.1) is 0 Å². The maximum atomic E-state index is 13.0. The second kappa shape index (κ2) is 4.26. The molecule has 0 saturated heterocycles. The Kier molecular flexibility index (Phi) is 2.81. The summed E-state index contributed by atoms with van der Waals surface area (Å²) in [5.41, 5.74) is 7.04. The second-order valence-corrected chi connectivity index (χ2v) is 3.57. The third kappa shape index (κ3) is 2.16. The molecule has 0 aliphatic heterocycles. The standard InChI is InChI=1S/C12H13FN2O/c1-8(11-3-2-6-15-11)16-12-7-9(13)4-5-10(12)14/h2-8,15H,14H2,1H3. The molecule has 1 aromatic heterocycles. The minimum Gasteiger partial charge on any atom is -0.482 e. The Labute approximate surface area is 93.0 Å². The SMILES string of the molecule is CC(Oc1cc(F)ccc1N)c1ccc[nH]1. The summed E-state index contributed by atoms with van der Waals surface area (Å²) in [6.07, 6.45) is 1.61. The van der Waals surface area contributed by atoms with E-state index in [-0.39, 0.29) is 11.9 Å². The molecule has 0 radical (unpaired) electrons. The quantitative estimate of drug-likeness (QED) is 0.781. The van der Waals surface area contributed by atoms with Gasteiger partial charge in [-0.2, -0.15) is 0 Å². The monoisotopic (exact) mass is 220 g/mol. The number of aromatic amines is 1. The van der Waals surface area contributed by atoms with Gasteiger partial charge in [0.25, 0.3) is 0 Å². The normalized spacial score (nSPS) is 12.4. The summed E-state index contributed by atoms with van der Waals surface area (Å²) < 4.78 is 18.6. The van der Waals surface area contributed by atoms with Crippen molar-refractivity contribution in [3.05, 3.63) is 48.0 Å². The zero-order chi connectivity index (χ0) is 11.5. The second-order valence-electron chi connectivity index (χ2n) is 3.57. The molecule has 0 fully saturated rings. The van der Waals surface area contributed by atoms with Crippen LogP contribution in [0.3, 0.4) is 0 Å². The van der Waals surface area contributed by atoms with E-state index in [2.05, 4.69) is 4.98 Å². The number of hydrogen-bond donors (Lipinski definition) is 2. The Bertz CT molecular complexity index is 468. The Morgan fingerprint density at radius 2 is 2.19 bits per heavy atom. The molecule has 3 N–H and O–H groups in total. The molecule has 0 aliphatic carbocycles. The van der Waals surface area contributed by atoms with Gasteiger partial charge in [-0.05, 0) is 31.2 Å². The summed E-state index contributed by atoms with van der Waals surface area (Å²) in [5, 5.41) is 0. The van der Waals surface area contributed by atoms with Crippen molar-refractivity contribution in [2.24, 2.45) is 0 Å². The van der Waals surface area contributed by atoms with E-state index >= 15 is 0 Å². The molecule has 4 heteroatoms. The molecule has 3 nitrogen and oxygen atoms in total. The number of H-pyrrole nitrogens is 1. The molecule has 0 spiro atoms. The third-order valence-corrected chi connectivity index (χ3v) is 2.34. The van der Waals surface area contributed by atoms with Crippen LogP contribution in [0.4, 0.5) is 10.1 Å². The van der Waals surface area contributed by atoms with Crippen molar-refractivity contribution < 1.29 is 9.13 Å². The van der Waals surface area contributed by atoms with E-state index in [1.807, 2.05) is 25.3 Å². The van der Waals surface area contributed by atoms with Crippen LogP contribution in [0, 0.1) is 5.82 Å². The first-order valence-electron chi connectivity index (χ1n) is 5.02. The van der Waals surface area contributed by atoms with Crippen LogP contribution in [-0.4, -0.2) is 4.98 Å². The molecule has 0 amide bonds. The van der Waals surface area contributed by atoms with Gasteiger partial charge in [-0.1, -0.05) is 0 Å². The molecule has 0 bridgehead atoms. The minimum atomic E-state index is -0.358. The van der Waals surface area contributed by atoms with Crippen molar-refractivity contribution >= 4 is 5.69 Å². The Morgan fingerprint density at radius 1 is 1.38 bits per heavy atom. The van der Waals surface area contributed by atoms with Gasteiger partial charge in [0.1, 0.15) is 17.7 Å². The average Bonchev–Trinajstić information content (AvgIpc) is 2.76. The first kappa shape index (κ1) is 10.5. The fourth-order valence-electron chi connectivity index (χ4n) is 1.46. The first-order chi connectivity index (χ1) is 7.66. The van der Waals surface area contributed by atoms with Crippen molar-refractivity contribution in [3.8, 4) is 5.75 Å². The lowest BCUT2D eigenvalue weighted by atomic mass is 10.2. The molecule has 1 heterocycles. The van der Waals surface area contributed by atoms with Crippen LogP contribution in [0.15, 0.2) is 36.5 Å². The lowest BCUT2D eigenvalue weighted by molar-refractivity contribution is 0.223. The van der Waals surface area contributed by atoms with Gasteiger partial charge in [-0.3, -0.25) is 0 Å². The molecule has 2 rings (SSSR count). The van der Waals surface area contributed by atoms with Crippen molar-refractivity contribution in [2.45, 2.75) is 13.0 Å². The number of nitrogen functional groups attached to an aromatic ring is 1. The average molecular weight is 220 g/mol. The number of halogens is 1. The van der Waals surface area contributed by atoms with E-state index in [9.17, 15) is 4.39 Å². The van der Waals surface area contributed by atoms with Crippen molar-refractivity contribution in [1.29, 1.82) is 0 Å². The molecule has 84 valence electrons. The van der Waals surface area contributed by atoms with Crippen LogP contribution in [0.1, 0.15) is 18.7 Å². The molecule has 1 unspecified atom stereocenters. The van der Waals surface area contributed by atoms with Crippen molar-refractivity contribution in [1.82, 2.24) is 4.98 Å². The number of hydrogen-bond acceptors (Lipinski definition) is 2. The number of ether oxygens (including phenoxy) is 1. The lowest BCUT2D eigenvalue weighted by Gasteiger charge is -2.15. The van der Waals surface area contributed by atoms with E-state index in [4.69, 9.17) is 10.5 Å². The highest BCUT2D eigenvalue weighted by atomic mass is 19.1. The van der Waals surface area contributed by atoms with Crippen LogP contribution in [0.5, 0.6) is 5.75 Å². The van der Waals surface area contributed by atoms with E-state index in [0.717, 1.165) is 5.69 Å². The molecule has 0 saturated carbocycles. The molecule has 0 aliphatic rings. The van der Waals surface area contributed by atoms with Crippen LogP contribution in [0.2, 0.25) is 0 Å². The molecule has 1 atom stereocenters. The summed E-state index contributed by atoms with van der Waals surface area (Å²) in [6.45, 7) is 1.87. The zero-order valence-corrected chi connectivity index (χ0v) is 8.91. The van der Waals surface area contributed by atoms with E-state index in [0.29, 0.717) is 11.4 Å². The van der Waals surface area contributed by atoms with E-state index in [1.165, 1.54) is 18.2 Å². The highest BCUT2D eigenvalue weighted by Gasteiger charge is 2.10. The highest BCUT2D eigenvalue weighted by Crippen LogP contribution is 2.27. The fraction of sp³-hybridized carbons (Fsp3) is 0.167. The highest BCUT2D eigenvalue weighted by molar-refractivity contribution is 5.52. The number of benzene rings is 1. The number of rotatable bonds is 3. The van der Waals surface area contributed by atoms with E-state index < -0.39 is 0 Å².